The number of ether oxygens (including phenoxy) is 1. The fraction of sp³-hybridized carbons (Fsp3) is 0.444. The summed E-state index contributed by atoms with van der Waals surface area (Å²) in [5.41, 5.74) is 3.27. The van der Waals surface area contributed by atoms with Crippen LogP contribution in [0.3, 0.4) is 0 Å². The van der Waals surface area contributed by atoms with E-state index < -0.39 is 6.10 Å². The molecule has 6 rings (SSSR count). The smallest absolute Gasteiger partial charge is 0.131 e. The third-order valence-corrected chi connectivity index (χ3v) is 7.99. The summed E-state index contributed by atoms with van der Waals surface area (Å²) in [7, 11) is 1.68. The molecule has 4 nitrogen and oxygen atoms in total. The van der Waals surface area contributed by atoms with E-state index in [4.69, 9.17) is 4.74 Å². The highest BCUT2D eigenvalue weighted by Crippen LogP contribution is 2.48. The first kappa shape index (κ1) is 20.5. The van der Waals surface area contributed by atoms with Crippen molar-refractivity contribution in [2.45, 2.75) is 44.9 Å². The Morgan fingerprint density at radius 3 is 2.77 bits per heavy atom. The SMILES string of the molecule is CCC1C[N+]2(Cc3ccccc3)CCC1CC2[C@H](O)c1ccnc2ccc(OC)cc12. The summed E-state index contributed by atoms with van der Waals surface area (Å²) in [5, 5.41) is 12.8. The fourth-order valence-electron chi connectivity index (χ4n) is 6.35. The van der Waals surface area contributed by atoms with Crippen molar-refractivity contribution in [3.63, 3.8) is 0 Å². The predicted octanol–water partition coefficient (Wildman–Crippen LogP) is 5.11. The minimum Gasteiger partial charge on any atom is -0.497 e. The van der Waals surface area contributed by atoms with Crippen LogP contribution in [0, 0.1) is 11.8 Å². The van der Waals surface area contributed by atoms with Crippen molar-refractivity contribution >= 4 is 10.9 Å². The van der Waals surface area contributed by atoms with Crippen LogP contribution in [0.4, 0.5) is 0 Å². The summed E-state index contributed by atoms with van der Waals surface area (Å²) in [5.74, 6) is 2.29. The highest BCUT2D eigenvalue weighted by atomic mass is 16.5. The van der Waals surface area contributed by atoms with Gasteiger partial charge in [-0.25, -0.2) is 0 Å². The van der Waals surface area contributed by atoms with E-state index in [9.17, 15) is 5.11 Å². The van der Waals surface area contributed by atoms with E-state index in [0.717, 1.165) is 58.0 Å². The van der Waals surface area contributed by atoms with Gasteiger partial charge < -0.3 is 14.3 Å². The van der Waals surface area contributed by atoms with Crippen LogP contribution in [0.25, 0.3) is 10.9 Å². The lowest BCUT2D eigenvalue weighted by molar-refractivity contribution is -0.985. The van der Waals surface area contributed by atoms with Crippen LogP contribution in [-0.2, 0) is 6.54 Å². The molecular weight excluding hydrogens is 384 g/mol. The Hall–Kier alpha value is -2.43. The Morgan fingerprint density at radius 2 is 2.00 bits per heavy atom. The van der Waals surface area contributed by atoms with Crippen molar-refractivity contribution in [3.8, 4) is 5.75 Å². The van der Waals surface area contributed by atoms with Gasteiger partial charge in [-0.3, -0.25) is 4.98 Å². The van der Waals surface area contributed by atoms with E-state index in [1.807, 2.05) is 30.5 Å². The van der Waals surface area contributed by atoms with Gasteiger partial charge in [0.1, 0.15) is 24.4 Å². The van der Waals surface area contributed by atoms with E-state index in [0.29, 0.717) is 0 Å². The molecule has 0 spiro atoms. The van der Waals surface area contributed by atoms with Gasteiger partial charge in [-0.15, -0.1) is 0 Å². The molecule has 2 bridgehead atoms. The minimum atomic E-state index is -0.512. The van der Waals surface area contributed by atoms with Crippen LogP contribution in [0.2, 0.25) is 0 Å². The molecule has 3 saturated heterocycles. The van der Waals surface area contributed by atoms with Gasteiger partial charge in [0.25, 0.3) is 0 Å². The van der Waals surface area contributed by atoms with Gasteiger partial charge in [0, 0.05) is 35.9 Å². The maximum atomic E-state index is 11.8. The lowest BCUT2D eigenvalue weighted by Gasteiger charge is -2.58. The molecule has 3 aliphatic rings. The Balaban J connectivity index is 1.55. The number of benzene rings is 2. The van der Waals surface area contributed by atoms with Crippen molar-refractivity contribution in [2.24, 2.45) is 11.8 Å². The van der Waals surface area contributed by atoms with Gasteiger partial charge in [-0.1, -0.05) is 37.3 Å². The summed E-state index contributed by atoms with van der Waals surface area (Å²) in [6.07, 6.45) is 4.93. The quantitative estimate of drug-likeness (QED) is 0.567. The normalized spacial score (nSPS) is 28.5. The molecule has 0 radical (unpaired) electrons. The first-order chi connectivity index (χ1) is 15.1. The van der Waals surface area contributed by atoms with E-state index in [1.54, 1.807) is 7.11 Å². The molecule has 0 saturated carbocycles. The predicted molar refractivity (Wildman–Crippen MR) is 124 cm³/mol. The number of methoxy groups -OCH3 is 1. The van der Waals surface area contributed by atoms with E-state index in [-0.39, 0.29) is 6.04 Å². The number of piperidine rings is 3. The molecule has 4 heterocycles. The molecule has 31 heavy (non-hydrogen) atoms. The van der Waals surface area contributed by atoms with Crippen molar-refractivity contribution in [1.82, 2.24) is 4.98 Å². The molecule has 0 amide bonds. The molecule has 3 aromatic rings. The zero-order valence-corrected chi connectivity index (χ0v) is 18.6. The molecule has 2 aromatic carbocycles. The first-order valence-corrected chi connectivity index (χ1v) is 11.6. The second-order valence-electron chi connectivity index (χ2n) is 9.52. The number of aliphatic hydroxyl groups is 1. The molecular formula is C27H33N2O2+. The van der Waals surface area contributed by atoms with Crippen molar-refractivity contribution < 1.29 is 14.3 Å². The highest BCUT2D eigenvalue weighted by molar-refractivity contribution is 5.83. The minimum absolute atomic E-state index is 0.207. The maximum absolute atomic E-state index is 11.8. The maximum Gasteiger partial charge on any atom is 0.131 e. The third-order valence-electron chi connectivity index (χ3n) is 7.99. The summed E-state index contributed by atoms with van der Waals surface area (Å²) in [4.78, 5) is 4.53. The summed E-state index contributed by atoms with van der Waals surface area (Å²) >= 11 is 0. The third kappa shape index (κ3) is 3.62. The largest absolute Gasteiger partial charge is 0.497 e. The summed E-state index contributed by atoms with van der Waals surface area (Å²) in [6, 6.07) is 19.0. The zero-order valence-electron chi connectivity index (χ0n) is 18.6. The van der Waals surface area contributed by atoms with Gasteiger partial charge in [-0.05, 0) is 42.2 Å². The number of aromatic nitrogens is 1. The average Bonchev–Trinajstić information content (AvgIpc) is 2.83. The molecule has 162 valence electrons. The van der Waals surface area contributed by atoms with Gasteiger partial charge >= 0.3 is 0 Å². The monoisotopic (exact) mass is 417 g/mol. The van der Waals surface area contributed by atoms with Gasteiger partial charge in [0.15, 0.2) is 0 Å². The van der Waals surface area contributed by atoms with Crippen LogP contribution < -0.4 is 4.74 Å². The molecule has 1 N–H and O–H groups in total. The molecule has 0 aliphatic carbocycles. The zero-order chi connectivity index (χ0) is 21.4. The van der Waals surface area contributed by atoms with Crippen LogP contribution in [-0.4, -0.2) is 40.8 Å². The Morgan fingerprint density at radius 1 is 1.16 bits per heavy atom. The van der Waals surface area contributed by atoms with Gasteiger partial charge in [0.2, 0.25) is 0 Å². The first-order valence-electron chi connectivity index (χ1n) is 11.6. The van der Waals surface area contributed by atoms with E-state index >= 15 is 0 Å². The summed E-state index contributed by atoms with van der Waals surface area (Å²) in [6.45, 7) is 5.66. The number of hydrogen-bond donors (Lipinski definition) is 1. The Bertz CT molecular complexity index is 1050. The van der Waals surface area contributed by atoms with Crippen molar-refractivity contribution in [1.29, 1.82) is 0 Å². The van der Waals surface area contributed by atoms with Crippen LogP contribution in [0.15, 0.2) is 60.8 Å². The van der Waals surface area contributed by atoms with E-state index in [2.05, 4.69) is 42.2 Å². The van der Waals surface area contributed by atoms with Crippen LogP contribution in [0.5, 0.6) is 5.75 Å². The number of quaternary nitrogens is 1. The van der Waals surface area contributed by atoms with Crippen LogP contribution >= 0.6 is 0 Å². The number of pyridine rings is 1. The van der Waals surface area contributed by atoms with Gasteiger partial charge in [-0.2, -0.15) is 0 Å². The molecule has 4 heteroatoms. The Kier molecular flexibility index (Phi) is 5.45. The number of hydrogen-bond acceptors (Lipinski definition) is 3. The van der Waals surface area contributed by atoms with Crippen molar-refractivity contribution in [3.05, 3.63) is 71.9 Å². The summed E-state index contributed by atoms with van der Waals surface area (Å²) < 4.78 is 6.46. The average molecular weight is 418 g/mol. The highest BCUT2D eigenvalue weighted by Gasteiger charge is 2.54. The number of rotatable bonds is 6. The van der Waals surface area contributed by atoms with Gasteiger partial charge in [0.05, 0.1) is 25.7 Å². The second-order valence-corrected chi connectivity index (χ2v) is 9.52. The molecule has 5 atom stereocenters. The Labute approximate surface area is 185 Å². The second kappa shape index (κ2) is 8.25. The lowest BCUT2D eigenvalue weighted by Crippen LogP contribution is -2.67. The standard InChI is InChI=1S/C27H33N2O2/c1-3-20-18-29(17-19-7-5-4-6-8-19)14-12-21(20)15-26(29)27(30)23-11-13-28-25-10-9-22(31-2)16-24(23)25/h4-11,13,16,20-21,26-27,30H,3,12,14-15,17-18H2,1-2H3/q+1/t20?,21?,26?,27-,29?/m1/s1. The number of aliphatic hydroxyl groups excluding tert-OH is 1. The molecule has 3 aliphatic heterocycles. The lowest BCUT2D eigenvalue weighted by atomic mass is 9.70. The molecule has 4 unspecified atom stereocenters. The fourth-order valence-corrected chi connectivity index (χ4v) is 6.35. The number of fused-ring (bicyclic) bond motifs is 4. The molecule has 1 aromatic heterocycles. The van der Waals surface area contributed by atoms with E-state index in [1.165, 1.54) is 24.9 Å². The number of nitrogens with zero attached hydrogens (tertiary/aromatic N) is 2. The topological polar surface area (TPSA) is 42.4 Å². The van der Waals surface area contributed by atoms with Crippen LogP contribution in [0.1, 0.15) is 43.4 Å². The molecule has 3 fully saturated rings. The van der Waals surface area contributed by atoms with Crippen molar-refractivity contribution in [2.75, 3.05) is 20.2 Å².